The topological polar surface area (TPSA) is 158 Å². The van der Waals surface area contributed by atoms with Crippen molar-refractivity contribution in [1.29, 1.82) is 0 Å². The lowest BCUT2D eigenvalue weighted by Gasteiger charge is -2.14. The third-order valence-corrected chi connectivity index (χ3v) is 5.13. The number of nitro groups is 1. The number of nitrogens with two attached hydrogens (primary N) is 2. The van der Waals surface area contributed by atoms with Crippen LogP contribution in [0.15, 0.2) is 58.5 Å². The zero-order chi connectivity index (χ0) is 20.2. The molecule has 142 valence electrons. The number of nitro benzene ring substituents is 1. The van der Waals surface area contributed by atoms with Crippen molar-refractivity contribution >= 4 is 44.6 Å². The molecule has 0 aliphatic heterocycles. The Morgan fingerprint density at radius 3 is 2.07 bits per heavy atom. The van der Waals surface area contributed by atoms with Gasteiger partial charge in [0.25, 0.3) is 11.6 Å². The lowest BCUT2D eigenvalue weighted by molar-refractivity contribution is -0.384. The number of primary amides is 1. The molecule has 27 heavy (non-hydrogen) atoms. The summed E-state index contributed by atoms with van der Waals surface area (Å²) in [5.74, 6) is -0.721. The van der Waals surface area contributed by atoms with Gasteiger partial charge in [0.15, 0.2) is 0 Å². The number of carbonyl (C=O) groups excluding carboxylic acids is 1. The number of thioether (sulfide) groups is 1. The molecule has 0 aliphatic rings. The van der Waals surface area contributed by atoms with Gasteiger partial charge < -0.3 is 11.1 Å². The van der Waals surface area contributed by atoms with Gasteiger partial charge in [0.05, 0.1) is 20.4 Å². The predicted octanol–water partition coefficient (Wildman–Crippen LogP) is 1.87. The summed E-state index contributed by atoms with van der Waals surface area (Å²) in [7, 11) is -3.81. The number of benzene rings is 2. The molecule has 0 heterocycles. The first-order chi connectivity index (χ1) is 12.6. The Kier molecular flexibility index (Phi) is 6.20. The maximum Gasteiger partial charge on any atom is 0.269 e. The number of hydrogen-bond donors (Lipinski definition) is 3. The highest BCUT2D eigenvalue weighted by atomic mass is 32.2. The second kappa shape index (κ2) is 8.20. The van der Waals surface area contributed by atoms with Crippen molar-refractivity contribution in [3.8, 4) is 0 Å². The van der Waals surface area contributed by atoms with E-state index in [-0.39, 0.29) is 16.2 Å². The van der Waals surface area contributed by atoms with Crippen molar-refractivity contribution in [3.05, 3.63) is 69.2 Å². The van der Waals surface area contributed by atoms with Crippen molar-refractivity contribution < 1.29 is 18.1 Å². The zero-order valence-electron chi connectivity index (χ0n) is 14.1. The normalized spacial score (nSPS) is 12.2. The summed E-state index contributed by atoms with van der Waals surface area (Å²) >= 11 is 1.21. The van der Waals surface area contributed by atoms with Crippen LogP contribution >= 0.6 is 11.8 Å². The summed E-state index contributed by atoms with van der Waals surface area (Å²) in [5.41, 5.74) is 6.45. The van der Waals surface area contributed by atoms with Gasteiger partial charge in [0.2, 0.25) is 10.0 Å². The van der Waals surface area contributed by atoms with Crippen LogP contribution in [0.2, 0.25) is 0 Å². The second-order valence-electron chi connectivity index (χ2n) is 5.27. The SMILES string of the molecule is CS/C(Nc1ccc(S(N)(=O)=O)cc1)=C(\C(N)=O)c1ccc([N+](=O)[O-])cc1. The van der Waals surface area contributed by atoms with E-state index in [1.165, 1.54) is 60.3 Å². The minimum absolute atomic E-state index is 0.0479. The number of nitrogens with one attached hydrogen (secondary N) is 1. The quantitative estimate of drug-likeness (QED) is 0.358. The molecule has 0 atom stereocenters. The van der Waals surface area contributed by atoms with E-state index in [4.69, 9.17) is 10.9 Å². The summed E-state index contributed by atoms with van der Waals surface area (Å²) in [4.78, 5) is 22.2. The minimum atomic E-state index is -3.81. The Hall–Kier alpha value is -2.89. The molecule has 0 aliphatic carbocycles. The molecule has 0 saturated heterocycles. The number of carbonyl (C=O) groups is 1. The highest BCUT2D eigenvalue weighted by Gasteiger charge is 2.17. The highest BCUT2D eigenvalue weighted by molar-refractivity contribution is 8.02. The first kappa shape index (κ1) is 20.4. The first-order valence-electron chi connectivity index (χ1n) is 7.36. The van der Waals surface area contributed by atoms with Gasteiger partial charge in [-0.15, -0.1) is 11.8 Å². The standard InChI is InChI=1S/C16H16N4O5S2/c1-26-16(19-11-4-8-13(9-5-11)27(18,24)25)14(15(17)21)10-2-6-12(7-3-10)20(22)23/h2-9,19H,1H3,(H2,17,21)(H2,18,24,25)/b16-14-. The van der Waals surface area contributed by atoms with Crippen molar-refractivity contribution in [1.82, 2.24) is 0 Å². The minimum Gasteiger partial charge on any atom is -0.365 e. The molecule has 9 nitrogen and oxygen atoms in total. The summed E-state index contributed by atoms with van der Waals surface area (Å²) < 4.78 is 22.6. The maximum absolute atomic E-state index is 12.0. The molecule has 0 spiro atoms. The number of primary sulfonamides is 1. The highest BCUT2D eigenvalue weighted by Crippen LogP contribution is 2.28. The van der Waals surface area contributed by atoms with E-state index in [1.54, 1.807) is 6.26 Å². The molecule has 0 radical (unpaired) electrons. The third-order valence-electron chi connectivity index (χ3n) is 3.49. The number of nitrogens with zero attached hydrogens (tertiary/aromatic N) is 1. The summed E-state index contributed by atoms with van der Waals surface area (Å²) in [6.45, 7) is 0. The lowest BCUT2D eigenvalue weighted by atomic mass is 10.1. The molecule has 0 unspecified atom stereocenters. The molecule has 1 amide bonds. The fraction of sp³-hybridized carbons (Fsp3) is 0.0625. The summed E-state index contributed by atoms with van der Waals surface area (Å²) in [6.07, 6.45) is 1.72. The zero-order valence-corrected chi connectivity index (χ0v) is 15.7. The van der Waals surface area contributed by atoms with Crippen LogP contribution < -0.4 is 16.2 Å². The lowest BCUT2D eigenvalue weighted by Crippen LogP contribution is -2.17. The van der Waals surface area contributed by atoms with E-state index in [9.17, 15) is 23.3 Å². The van der Waals surface area contributed by atoms with E-state index < -0.39 is 20.9 Å². The molecule has 2 aromatic carbocycles. The smallest absolute Gasteiger partial charge is 0.269 e. The van der Waals surface area contributed by atoms with E-state index in [2.05, 4.69) is 5.32 Å². The average molecular weight is 408 g/mol. The number of amides is 1. The van der Waals surface area contributed by atoms with Crippen LogP contribution in [-0.2, 0) is 14.8 Å². The number of anilines is 1. The Bertz CT molecular complexity index is 1000. The molecule has 2 rings (SSSR count). The Morgan fingerprint density at radius 1 is 1.11 bits per heavy atom. The number of hydrogen-bond acceptors (Lipinski definition) is 7. The summed E-state index contributed by atoms with van der Waals surface area (Å²) in [5, 5.41) is 19.2. The van der Waals surface area contributed by atoms with Crippen LogP contribution in [0.1, 0.15) is 5.56 Å². The monoisotopic (exact) mass is 408 g/mol. The van der Waals surface area contributed by atoms with Gasteiger partial charge >= 0.3 is 0 Å². The van der Waals surface area contributed by atoms with E-state index in [1.807, 2.05) is 0 Å². The number of rotatable bonds is 7. The van der Waals surface area contributed by atoms with Crippen molar-refractivity contribution in [3.63, 3.8) is 0 Å². The van der Waals surface area contributed by atoms with Crippen LogP contribution in [0.4, 0.5) is 11.4 Å². The van der Waals surface area contributed by atoms with Crippen molar-refractivity contribution in [2.75, 3.05) is 11.6 Å². The van der Waals surface area contributed by atoms with Gasteiger partial charge in [-0.2, -0.15) is 0 Å². The van der Waals surface area contributed by atoms with Gasteiger partial charge in [-0.25, -0.2) is 13.6 Å². The Balaban J connectivity index is 2.43. The van der Waals surface area contributed by atoms with E-state index >= 15 is 0 Å². The molecular formula is C16H16N4O5S2. The molecule has 11 heteroatoms. The fourth-order valence-corrected chi connectivity index (χ4v) is 3.37. The molecule has 0 saturated carbocycles. The second-order valence-corrected chi connectivity index (χ2v) is 7.65. The predicted molar refractivity (Wildman–Crippen MR) is 104 cm³/mol. The first-order valence-corrected chi connectivity index (χ1v) is 10.1. The van der Waals surface area contributed by atoms with E-state index in [0.29, 0.717) is 16.3 Å². The van der Waals surface area contributed by atoms with Crippen LogP contribution in [0.5, 0.6) is 0 Å². The van der Waals surface area contributed by atoms with Crippen LogP contribution in [0.3, 0.4) is 0 Å². The van der Waals surface area contributed by atoms with Gasteiger partial charge in [-0.3, -0.25) is 14.9 Å². The van der Waals surface area contributed by atoms with Gasteiger partial charge in [0, 0.05) is 17.8 Å². The molecule has 0 bridgehead atoms. The Morgan fingerprint density at radius 2 is 1.67 bits per heavy atom. The van der Waals surface area contributed by atoms with Gasteiger partial charge in [-0.1, -0.05) is 0 Å². The molecule has 0 fully saturated rings. The van der Waals surface area contributed by atoms with Crippen molar-refractivity contribution in [2.24, 2.45) is 10.9 Å². The maximum atomic E-state index is 12.0. The largest absolute Gasteiger partial charge is 0.365 e. The van der Waals surface area contributed by atoms with Gasteiger partial charge in [-0.05, 0) is 48.2 Å². The molecule has 0 aromatic heterocycles. The number of non-ortho nitro benzene ring substituents is 1. The van der Waals surface area contributed by atoms with Gasteiger partial charge in [0.1, 0.15) is 0 Å². The summed E-state index contributed by atoms with van der Waals surface area (Å²) in [6, 6.07) is 11.0. The molecule has 2 aromatic rings. The molecule has 5 N–H and O–H groups in total. The Labute approximate surface area is 159 Å². The average Bonchev–Trinajstić information content (AvgIpc) is 2.61. The van der Waals surface area contributed by atoms with Crippen LogP contribution in [-0.4, -0.2) is 25.5 Å². The van der Waals surface area contributed by atoms with E-state index in [0.717, 1.165) is 0 Å². The van der Waals surface area contributed by atoms with Crippen LogP contribution in [0.25, 0.3) is 5.57 Å². The van der Waals surface area contributed by atoms with Crippen molar-refractivity contribution in [2.45, 2.75) is 4.90 Å². The third kappa shape index (κ3) is 5.06. The molecular weight excluding hydrogens is 392 g/mol. The van der Waals surface area contributed by atoms with Crippen LogP contribution in [0, 0.1) is 10.1 Å². The number of sulfonamides is 1. The fourth-order valence-electron chi connectivity index (χ4n) is 2.21.